The molecule has 0 saturated carbocycles. The first-order valence-corrected chi connectivity index (χ1v) is 11.0. The molecule has 1 atom stereocenters. The van der Waals surface area contributed by atoms with E-state index < -0.39 is 17.8 Å². The maximum Gasteiger partial charge on any atom is 0.341 e. The van der Waals surface area contributed by atoms with Crippen LogP contribution in [0.5, 0.6) is 5.75 Å². The number of hydrogen-bond acceptors (Lipinski definition) is 7. The maximum atomic E-state index is 12.5. The number of carbonyl (C=O) groups is 3. The minimum atomic E-state index is -1.07. The van der Waals surface area contributed by atoms with Crippen molar-refractivity contribution in [3.63, 3.8) is 0 Å². The highest BCUT2D eigenvalue weighted by molar-refractivity contribution is 8.15. The normalized spacial score (nSPS) is 17.1. The van der Waals surface area contributed by atoms with E-state index in [4.69, 9.17) is 9.84 Å². The highest BCUT2D eigenvalue weighted by Crippen LogP contribution is 2.25. The van der Waals surface area contributed by atoms with Crippen molar-refractivity contribution >= 4 is 46.1 Å². The van der Waals surface area contributed by atoms with Gasteiger partial charge in [0.25, 0.3) is 0 Å². The van der Waals surface area contributed by atoms with Gasteiger partial charge in [0.05, 0.1) is 5.71 Å². The van der Waals surface area contributed by atoms with Gasteiger partial charge < -0.3 is 20.5 Å². The molecule has 1 aliphatic rings. The van der Waals surface area contributed by atoms with Gasteiger partial charge in [0.1, 0.15) is 11.0 Å². The molecule has 0 spiro atoms. The molecule has 1 heterocycles. The standard InChI is InChI=1S/C23H24N4O5S/c1-13-6-4-7-14(2)21(13)24-19(28)11-18-22(31)25-23(33-18)27-26-15(3)16-8-5-9-17(10-16)32-12-20(29)30/h4-10,18H,11-12H2,1-3H3,(H,24,28)(H,29,30)(H,25,27,31)/b26-15+. The maximum absolute atomic E-state index is 12.5. The number of benzene rings is 2. The van der Waals surface area contributed by atoms with Gasteiger partial charge in [-0.2, -0.15) is 5.10 Å². The Morgan fingerprint density at radius 3 is 2.58 bits per heavy atom. The fourth-order valence-electron chi connectivity index (χ4n) is 3.09. The Hall–Kier alpha value is -3.66. The molecular weight excluding hydrogens is 444 g/mol. The number of rotatable bonds is 8. The van der Waals surface area contributed by atoms with Crippen LogP contribution in [-0.2, 0) is 14.4 Å². The zero-order valence-corrected chi connectivity index (χ0v) is 19.2. The van der Waals surface area contributed by atoms with Crippen LogP contribution in [0.2, 0.25) is 0 Å². The third kappa shape index (κ3) is 6.66. The third-order valence-corrected chi connectivity index (χ3v) is 5.87. The fraction of sp³-hybridized carbons (Fsp3) is 0.261. The summed E-state index contributed by atoms with van der Waals surface area (Å²) >= 11 is 1.15. The number of nitrogens with one attached hydrogen (secondary N) is 2. The lowest BCUT2D eigenvalue weighted by Gasteiger charge is -2.12. The second-order valence-electron chi connectivity index (χ2n) is 7.42. The molecule has 1 fully saturated rings. The van der Waals surface area contributed by atoms with Gasteiger partial charge in [0.2, 0.25) is 11.8 Å². The summed E-state index contributed by atoms with van der Waals surface area (Å²) < 4.78 is 5.17. The predicted molar refractivity (Wildman–Crippen MR) is 128 cm³/mol. The molecule has 0 radical (unpaired) electrons. The molecule has 0 aliphatic carbocycles. The average molecular weight is 469 g/mol. The van der Waals surface area contributed by atoms with Crippen LogP contribution in [0.15, 0.2) is 52.7 Å². The molecule has 10 heteroatoms. The van der Waals surface area contributed by atoms with Gasteiger partial charge in [0, 0.05) is 17.7 Å². The number of hydrogen-bond donors (Lipinski definition) is 3. The largest absolute Gasteiger partial charge is 0.482 e. The molecule has 1 saturated heterocycles. The van der Waals surface area contributed by atoms with E-state index in [0.29, 0.717) is 22.2 Å². The predicted octanol–water partition coefficient (Wildman–Crippen LogP) is 3.11. The highest BCUT2D eigenvalue weighted by Gasteiger charge is 2.32. The molecule has 172 valence electrons. The number of amidine groups is 1. The Kier molecular flexibility index (Phi) is 7.83. The third-order valence-electron chi connectivity index (χ3n) is 4.80. The van der Waals surface area contributed by atoms with Crippen molar-refractivity contribution in [2.24, 2.45) is 10.2 Å². The van der Waals surface area contributed by atoms with Crippen LogP contribution in [0.4, 0.5) is 5.69 Å². The molecular formula is C23H24N4O5S. The number of carbonyl (C=O) groups excluding carboxylic acids is 2. The zero-order chi connectivity index (χ0) is 24.0. The fourth-order valence-corrected chi connectivity index (χ4v) is 4.01. The van der Waals surface area contributed by atoms with E-state index in [9.17, 15) is 14.4 Å². The zero-order valence-electron chi connectivity index (χ0n) is 18.4. The Labute approximate surface area is 195 Å². The van der Waals surface area contributed by atoms with E-state index in [1.807, 2.05) is 32.0 Å². The van der Waals surface area contributed by atoms with Crippen molar-refractivity contribution in [1.29, 1.82) is 0 Å². The summed E-state index contributed by atoms with van der Waals surface area (Å²) in [5.74, 6) is -1.22. The summed E-state index contributed by atoms with van der Waals surface area (Å²) in [6, 6.07) is 12.6. The van der Waals surface area contributed by atoms with E-state index in [1.54, 1.807) is 31.2 Å². The number of nitrogens with zero attached hydrogens (tertiary/aromatic N) is 2. The van der Waals surface area contributed by atoms with Crippen LogP contribution in [0.25, 0.3) is 0 Å². The molecule has 2 amide bonds. The summed E-state index contributed by atoms with van der Waals surface area (Å²) in [7, 11) is 0. The van der Waals surface area contributed by atoms with Gasteiger partial charge in [-0.05, 0) is 44.0 Å². The summed E-state index contributed by atoms with van der Waals surface area (Å²) in [5.41, 5.74) is 3.91. The first-order valence-electron chi connectivity index (χ1n) is 10.1. The summed E-state index contributed by atoms with van der Waals surface area (Å²) in [5, 5.41) is 22.2. The lowest BCUT2D eigenvalue weighted by atomic mass is 10.1. The first kappa shape index (κ1) is 24.0. The second kappa shape index (κ2) is 10.8. The van der Waals surface area contributed by atoms with Crippen LogP contribution < -0.4 is 15.4 Å². The van der Waals surface area contributed by atoms with E-state index in [2.05, 4.69) is 20.8 Å². The molecule has 0 aromatic heterocycles. The molecule has 3 rings (SSSR count). The monoisotopic (exact) mass is 468 g/mol. The van der Waals surface area contributed by atoms with Crippen molar-refractivity contribution in [3.05, 3.63) is 59.2 Å². The number of ether oxygens (including phenoxy) is 1. The topological polar surface area (TPSA) is 129 Å². The van der Waals surface area contributed by atoms with Gasteiger partial charge in [-0.1, -0.05) is 42.1 Å². The molecule has 3 N–H and O–H groups in total. The summed E-state index contributed by atoms with van der Waals surface area (Å²) in [4.78, 5) is 35.4. The SMILES string of the molecule is C/C(=N\N=C1/NC(=O)C(CC(=O)Nc2c(C)cccc2C)S1)c1cccc(OCC(=O)O)c1. The molecule has 2 aromatic carbocycles. The molecule has 33 heavy (non-hydrogen) atoms. The van der Waals surface area contributed by atoms with Crippen molar-refractivity contribution in [1.82, 2.24) is 5.32 Å². The summed E-state index contributed by atoms with van der Waals surface area (Å²) in [6.45, 7) is 5.12. The first-order chi connectivity index (χ1) is 15.7. The van der Waals surface area contributed by atoms with Crippen molar-refractivity contribution < 1.29 is 24.2 Å². The minimum Gasteiger partial charge on any atom is -0.482 e. The molecule has 0 bridgehead atoms. The Morgan fingerprint density at radius 1 is 1.18 bits per heavy atom. The Morgan fingerprint density at radius 2 is 1.88 bits per heavy atom. The summed E-state index contributed by atoms with van der Waals surface area (Å²) in [6.07, 6.45) is 0.00888. The van der Waals surface area contributed by atoms with Gasteiger partial charge in [-0.25, -0.2) is 4.79 Å². The van der Waals surface area contributed by atoms with Crippen LogP contribution in [-0.4, -0.2) is 45.6 Å². The number of amides is 2. The lowest BCUT2D eigenvalue weighted by molar-refractivity contribution is -0.139. The second-order valence-corrected chi connectivity index (χ2v) is 8.61. The van der Waals surface area contributed by atoms with E-state index in [0.717, 1.165) is 28.6 Å². The van der Waals surface area contributed by atoms with E-state index in [1.165, 1.54) is 0 Å². The van der Waals surface area contributed by atoms with Gasteiger partial charge in [0.15, 0.2) is 11.8 Å². The van der Waals surface area contributed by atoms with Crippen molar-refractivity contribution in [2.45, 2.75) is 32.4 Å². The van der Waals surface area contributed by atoms with Crippen LogP contribution >= 0.6 is 11.8 Å². The number of carboxylic acids is 1. The van der Waals surface area contributed by atoms with Crippen molar-refractivity contribution in [2.75, 3.05) is 11.9 Å². The molecule has 9 nitrogen and oxygen atoms in total. The Balaban J connectivity index is 1.61. The number of aliphatic carboxylic acids is 1. The number of thioether (sulfide) groups is 1. The van der Waals surface area contributed by atoms with Gasteiger partial charge in [-0.15, -0.1) is 5.10 Å². The van der Waals surface area contributed by atoms with Crippen LogP contribution in [0.3, 0.4) is 0 Å². The highest BCUT2D eigenvalue weighted by atomic mass is 32.2. The molecule has 1 unspecified atom stereocenters. The number of anilines is 1. The van der Waals surface area contributed by atoms with Gasteiger partial charge >= 0.3 is 5.97 Å². The molecule has 2 aromatic rings. The minimum absolute atomic E-state index is 0.00888. The number of carboxylic acid groups (broad SMARTS) is 1. The van der Waals surface area contributed by atoms with Crippen molar-refractivity contribution in [3.8, 4) is 5.75 Å². The smallest absolute Gasteiger partial charge is 0.341 e. The van der Waals surface area contributed by atoms with Gasteiger partial charge in [-0.3, -0.25) is 9.59 Å². The van der Waals surface area contributed by atoms with Crippen LogP contribution in [0.1, 0.15) is 30.0 Å². The van der Waals surface area contributed by atoms with Crippen LogP contribution in [0, 0.1) is 13.8 Å². The van der Waals surface area contributed by atoms with E-state index >= 15 is 0 Å². The number of aryl methyl sites for hydroxylation is 2. The average Bonchev–Trinajstić information content (AvgIpc) is 3.12. The Bertz CT molecular complexity index is 1130. The molecule has 1 aliphatic heterocycles. The number of para-hydroxylation sites is 1. The lowest BCUT2D eigenvalue weighted by Crippen LogP contribution is -2.28. The van der Waals surface area contributed by atoms with E-state index in [-0.39, 0.29) is 18.2 Å². The quantitative estimate of drug-likeness (QED) is 0.403.